The molecule has 4 N–H and O–H groups in total. The van der Waals surface area contributed by atoms with E-state index in [2.05, 4.69) is 4.98 Å². The highest BCUT2D eigenvalue weighted by Gasteiger charge is 2.45. The summed E-state index contributed by atoms with van der Waals surface area (Å²) >= 11 is 0. The summed E-state index contributed by atoms with van der Waals surface area (Å²) in [6.07, 6.45) is 4.21. The summed E-state index contributed by atoms with van der Waals surface area (Å²) in [5.74, 6) is -0.903. The number of carbonyl (C=O) groups is 3. The molecular weight excluding hydrogens is 618 g/mol. The van der Waals surface area contributed by atoms with Crippen molar-refractivity contribution in [3.8, 4) is 17.2 Å². The number of nitrogens with one attached hydrogen (secondary N) is 1. The third-order valence-corrected chi connectivity index (χ3v) is 9.74. The van der Waals surface area contributed by atoms with Gasteiger partial charge in [0.2, 0.25) is 5.76 Å². The summed E-state index contributed by atoms with van der Waals surface area (Å²) in [5, 5.41) is 32.4. The van der Waals surface area contributed by atoms with Crippen LogP contribution in [0.1, 0.15) is 80.5 Å². The topological polar surface area (TPSA) is 165 Å². The van der Waals surface area contributed by atoms with Gasteiger partial charge in [-0.25, -0.2) is 4.79 Å². The summed E-state index contributed by atoms with van der Waals surface area (Å²) in [4.78, 5) is 42.9. The summed E-state index contributed by atoms with van der Waals surface area (Å²) in [7, 11) is 1.48. The fraction of sp³-hybridized carbons (Fsp3) is 0.432. The maximum Gasteiger partial charge on any atom is 0.375 e. The minimum atomic E-state index is -1.28. The maximum absolute atomic E-state index is 13.4. The molecule has 3 heterocycles. The van der Waals surface area contributed by atoms with Gasteiger partial charge in [0, 0.05) is 48.2 Å². The molecule has 1 fully saturated rings. The first-order valence-electron chi connectivity index (χ1n) is 16.4. The Morgan fingerprint density at radius 1 is 1.15 bits per heavy atom. The molecule has 6 rings (SSSR count). The molecule has 11 heteroatoms. The van der Waals surface area contributed by atoms with E-state index in [1.165, 1.54) is 7.11 Å². The second-order valence-electron chi connectivity index (χ2n) is 12.7. The van der Waals surface area contributed by atoms with Crippen LogP contribution in [0.5, 0.6) is 17.2 Å². The van der Waals surface area contributed by atoms with Gasteiger partial charge in [-0.1, -0.05) is 11.6 Å². The van der Waals surface area contributed by atoms with E-state index in [-0.39, 0.29) is 66.7 Å². The van der Waals surface area contributed by atoms with Crippen LogP contribution in [-0.4, -0.2) is 70.4 Å². The van der Waals surface area contributed by atoms with Gasteiger partial charge in [0.25, 0.3) is 0 Å². The number of fused-ring (bicyclic) bond motifs is 3. The van der Waals surface area contributed by atoms with Crippen LogP contribution in [0.4, 0.5) is 0 Å². The number of esters is 1. The van der Waals surface area contributed by atoms with Crippen LogP contribution in [0.25, 0.3) is 16.5 Å². The quantitative estimate of drug-likeness (QED) is 0.130. The van der Waals surface area contributed by atoms with Gasteiger partial charge in [0.15, 0.2) is 6.29 Å². The number of aromatic nitrogens is 1. The number of allylic oxidation sites excluding steroid dienone is 3. The lowest BCUT2D eigenvalue weighted by molar-refractivity contribution is -0.141. The molecule has 11 nitrogen and oxygen atoms in total. The van der Waals surface area contributed by atoms with Crippen molar-refractivity contribution in [1.29, 1.82) is 0 Å². The Bertz CT molecular complexity index is 1830. The molecule has 0 saturated heterocycles. The summed E-state index contributed by atoms with van der Waals surface area (Å²) in [6, 6.07) is 7.80. The fourth-order valence-electron chi connectivity index (χ4n) is 7.26. The maximum atomic E-state index is 13.4. The van der Waals surface area contributed by atoms with Crippen LogP contribution in [-0.2, 0) is 32.1 Å². The zero-order chi connectivity index (χ0) is 34.2. The van der Waals surface area contributed by atoms with E-state index < -0.39 is 30.2 Å². The van der Waals surface area contributed by atoms with Gasteiger partial charge in [-0.15, -0.1) is 0 Å². The van der Waals surface area contributed by atoms with Crippen LogP contribution in [0.15, 0.2) is 47.4 Å². The molecule has 1 saturated carbocycles. The Kier molecular flexibility index (Phi) is 9.46. The zero-order valence-corrected chi connectivity index (χ0v) is 27.4. The first-order valence-corrected chi connectivity index (χ1v) is 16.4. The molecule has 0 bridgehead atoms. The Morgan fingerprint density at radius 2 is 1.96 bits per heavy atom. The zero-order valence-electron chi connectivity index (χ0n) is 27.4. The van der Waals surface area contributed by atoms with Crippen LogP contribution in [0.3, 0.4) is 0 Å². The van der Waals surface area contributed by atoms with E-state index in [4.69, 9.17) is 18.9 Å². The number of rotatable bonds is 11. The van der Waals surface area contributed by atoms with Crippen molar-refractivity contribution in [1.82, 2.24) is 4.98 Å². The molecule has 48 heavy (non-hydrogen) atoms. The number of hydrogen-bond acceptors (Lipinski definition) is 10. The number of unbranched alkanes of at least 4 members (excludes halogenated alkanes) is 1. The monoisotopic (exact) mass is 659 g/mol. The van der Waals surface area contributed by atoms with Crippen molar-refractivity contribution in [3.63, 3.8) is 0 Å². The van der Waals surface area contributed by atoms with E-state index in [9.17, 15) is 29.7 Å². The van der Waals surface area contributed by atoms with Crippen molar-refractivity contribution in [3.05, 3.63) is 69.6 Å². The van der Waals surface area contributed by atoms with Crippen molar-refractivity contribution in [2.75, 3.05) is 20.3 Å². The molecule has 0 spiro atoms. The molecule has 3 unspecified atom stereocenters. The molecule has 3 aliphatic rings. The number of Topliss-reactive ketones (excluding diaryl/α,β-unsaturated/α-hetero) is 1. The number of ether oxygens (including phenoxy) is 4. The smallest absolute Gasteiger partial charge is 0.375 e. The number of H-pyrrole nitrogens is 1. The molecule has 0 amide bonds. The molecule has 3 aromatic rings. The van der Waals surface area contributed by atoms with Gasteiger partial charge < -0.3 is 39.3 Å². The van der Waals surface area contributed by atoms with Gasteiger partial charge in [0.1, 0.15) is 29.1 Å². The number of aldehydes is 1. The number of aliphatic hydroxyl groups is 3. The third kappa shape index (κ3) is 5.80. The third-order valence-electron chi connectivity index (χ3n) is 9.74. The van der Waals surface area contributed by atoms with Crippen LogP contribution in [0.2, 0.25) is 0 Å². The number of carbonyl (C=O) groups excluding carboxylic acids is 3. The van der Waals surface area contributed by atoms with Crippen molar-refractivity contribution >= 4 is 34.5 Å². The minimum Gasteiger partial charge on any atom is -0.496 e. The molecule has 0 radical (unpaired) electrons. The predicted molar refractivity (Wildman–Crippen MR) is 176 cm³/mol. The van der Waals surface area contributed by atoms with Gasteiger partial charge >= 0.3 is 5.97 Å². The molecule has 3 atom stereocenters. The average molecular weight is 660 g/mol. The molecule has 2 aromatic carbocycles. The number of aromatic amines is 1. The minimum absolute atomic E-state index is 0.00780. The van der Waals surface area contributed by atoms with Crippen molar-refractivity contribution < 1.29 is 48.7 Å². The highest BCUT2D eigenvalue weighted by molar-refractivity contribution is 6.11. The SMILES string of the molecule is CCOC(=O)C1=C(C=O)C(=C2CCC(=O)C(c3ccc4[nH]ccc4c3)C2)c2c(OC)c3c(c(CO)c2O1)OC(C(C)(O)CCCCO)C3. The van der Waals surface area contributed by atoms with E-state index in [1.807, 2.05) is 30.5 Å². The highest BCUT2D eigenvalue weighted by Crippen LogP contribution is 2.56. The second kappa shape index (κ2) is 13.6. The second-order valence-corrected chi connectivity index (χ2v) is 12.7. The number of ketones is 1. The van der Waals surface area contributed by atoms with Gasteiger partial charge in [-0.2, -0.15) is 0 Å². The molecule has 2 aliphatic heterocycles. The summed E-state index contributed by atoms with van der Waals surface area (Å²) in [6.45, 7) is 2.81. The lowest BCUT2D eigenvalue weighted by atomic mass is 9.75. The number of benzene rings is 2. The largest absolute Gasteiger partial charge is 0.496 e. The van der Waals surface area contributed by atoms with E-state index in [0.29, 0.717) is 54.4 Å². The first kappa shape index (κ1) is 33.5. The molecular formula is C37H41NO10. The standard InChI is InChI=1S/C37H41NO10/c1-4-46-36(43)35-25(18-40)30(22-8-10-28(42)23(16-22)20-7-9-27-21(15-20)11-13-38-27)31-33(45-3)24-17-29(37(2,44)12-5-6-14-39)47-32(24)26(19-41)34(31)48-35/h7,9,11,13,15,18,23,29,38-39,41,44H,4-6,8,10,12,14,16-17,19H2,1-3H3. The van der Waals surface area contributed by atoms with Crippen LogP contribution in [0, 0.1) is 0 Å². The summed E-state index contributed by atoms with van der Waals surface area (Å²) in [5.41, 5.74) is 2.85. The van der Waals surface area contributed by atoms with Gasteiger partial charge in [0.05, 0.1) is 42.6 Å². The van der Waals surface area contributed by atoms with E-state index in [1.54, 1.807) is 13.8 Å². The highest BCUT2D eigenvalue weighted by atomic mass is 16.6. The van der Waals surface area contributed by atoms with Gasteiger partial charge in [-0.3, -0.25) is 9.59 Å². The molecule has 1 aromatic heterocycles. The first-order chi connectivity index (χ1) is 23.2. The van der Waals surface area contributed by atoms with Crippen molar-refractivity contribution in [2.45, 2.75) is 83.0 Å². The molecule has 1 aliphatic carbocycles. The Labute approximate surface area is 278 Å². The summed E-state index contributed by atoms with van der Waals surface area (Å²) < 4.78 is 23.8. The van der Waals surface area contributed by atoms with Crippen LogP contribution >= 0.6 is 0 Å². The average Bonchev–Trinajstić information content (AvgIpc) is 3.75. The van der Waals surface area contributed by atoms with E-state index >= 15 is 0 Å². The number of hydrogen-bond donors (Lipinski definition) is 4. The van der Waals surface area contributed by atoms with Crippen molar-refractivity contribution in [2.24, 2.45) is 0 Å². The Hall–Kier alpha value is -4.45. The number of aliphatic hydroxyl groups excluding tert-OH is 2. The lowest BCUT2D eigenvalue weighted by Gasteiger charge is -2.32. The Balaban J connectivity index is 1.54. The fourth-order valence-corrected chi connectivity index (χ4v) is 7.26. The molecule has 254 valence electrons. The Morgan fingerprint density at radius 3 is 2.67 bits per heavy atom. The number of methoxy groups -OCH3 is 1. The van der Waals surface area contributed by atoms with Gasteiger partial charge in [-0.05, 0) is 75.1 Å². The normalized spacial score (nSPS) is 21.7. The van der Waals surface area contributed by atoms with Crippen LogP contribution < -0.4 is 14.2 Å². The predicted octanol–water partition coefficient (Wildman–Crippen LogP) is 4.58. The van der Waals surface area contributed by atoms with E-state index in [0.717, 1.165) is 22.0 Å². The lowest BCUT2D eigenvalue weighted by Crippen LogP contribution is -2.42.